The van der Waals surface area contributed by atoms with E-state index in [-0.39, 0.29) is 46.8 Å². The fourth-order valence-electron chi connectivity index (χ4n) is 15.8. The van der Waals surface area contributed by atoms with Gasteiger partial charge >= 0.3 is 11.9 Å². The molecule has 8 aliphatic rings. The number of aliphatic carboxylic acids is 2. The highest BCUT2D eigenvalue weighted by Crippen LogP contribution is 2.77. The molecule has 3 aliphatic heterocycles. The van der Waals surface area contributed by atoms with Crippen LogP contribution in [0.3, 0.4) is 0 Å². The van der Waals surface area contributed by atoms with Gasteiger partial charge in [-0.2, -0.15) is 0 Å². The summed E-state index contributed by atoms with van der Waals surface area (Å²) in [6.45, 7) is 15.0. The van der Waals surface area contributed by atoms with E-state index in [0.29, 0.717) is 25.7 Å². The van der Waals surface area contributed by atoms with Crippen molar-refractivity contribution in [1.29, 1.82) is 0 Å². The molecule has 0 aromatic carbocycles. The van der Waals surface area contributed by atoms with Crippen LogP contribution in [0.1, 0.15) is 106 Å². The Labute approximate surface area is 391 Å². The molecule has 3 heterocycles. The molecule has 8 rings (SSSR count). The Morgan fingerprint density at radius 1 is 0.627 bits per heavy atom. The van der Waals surface area contributed by atoms with Gasteiger partial charge in [-0.3, -0.25) is 9.59 Å². The summed E-state index contributed by atoms with van der Waals surface area (Å²) in [7, 11) is 0. The third-order valence-corrected chi connectivity index (χ3v) is 19.9. The molecule has 0 spiro atoms. The molecule has 8 fully saturated rings. The van der Waals surface area contributed by atoms with E-state index in [0.717, 1.165) is 37.7 Å². The van der Waals surface area contributed by atoms with E-state index in [2.05, 4.69) is 27.4 Å². The fourth-order valence-corrected chi connectivity index (χ4v) is 15.8. The third kappa shape index (κ3) is 7.79. The van der Waals surface area contributed by atoms with Crippen LogP contribution in [0, 0.1) is 56.7 Å². The summed E-state index contributed by atoms with van der Waals surface area (Å²) in [6.07, 6.45) is -18.4. The number of carbonyl (C=O) groups is 2. The minimum absolute atomic E-state index is 0.00507. The smallest absolute Gasteiger partial charge is 0.312 e. The van der Waals surface area contributed by atoms with Crippen LogP contribution in [-0.4, -0.2) is 180 Å². The van der Waals surface area contributed by atoms with E-state index in [1.54, 1.807) is 6.92 Å². The van der Waals surface area contributed by atoms with Crippen LogP contribution in [0.15, 0.2) is 12.2 Å². The topological polar surface area (TPSA) is 312 Å². The minimum atomic E-state index is -1.86. The van der Waals surface area contributed by atoms with Gasteiger partial charge in [-0.25, -0.2) is 0 Å². The average molecular weight is 957 g/mol. The van der Waals surface area contributed by atoms with Gasteiger partial charge in [0.1, 0.15) is 67.1 Å². The van der Waals surface area contributed by atoms with Crippen molar-refractivity contribution < 1.29 is 94.2 Å². The van der Waals surface area contributed by atoms with Crippen molar-refractivity contribution in [3.05, 3.63) is 12.2 Å². The zero-order chi connectivity index (χ0) is 49.1. The maximum absolute atomic E-state index is 13.7. The molecule has 3 saturated heterocycles. The Kier molecular flexibility index (Phi) is 14.0. The predicted octanol–water partition coefficient (Wildman–Crippen LogP) is 0.654. The number of fused-ring (bicyclic) bond motifs is 7. The van der Waals surface area contributed by atoms with Gasteiger partial charge < -0.3 is 84.6 Å². The lowest BCUT2D eigenvalue weighted by Gasteiger charge is -2.72. The van der Waals surface area contributed by atoms with Gasteiger partial charge in [0, 0.05) is 0 Å². The molecule has 0 aromatic heterocycles. The van der Waals surface area contributed by atoms with Crippen LogP contribution in [-0.2, 0) is 38.0 Å². The lowest BCUT2D eigenvalue weighted by Crippen LogP contribution is -2.69. The molecule has 382 valence electrons. The van der Waals surface area contributed by atoms with Gasteiger partial charge in [0.2, 0.25) is 0 Å². The predicted molar refractivity (Wildman–Crippen MR) is 231 cm³/mol. The quantitative estimate of drug-likeness (QED) is 0.100. The third-order valence-electron chi connectivity index (χ3n) is 19.9. The van der Waals surface area contributed by atoms with E-state index >= 15 is 0 Å². The van der Waals surface area contributed by atoms with E-state index in [4.69, 9.17) is 28.4 Å². The number of carboxylic acids is 2. The SMILES string of the molecule is C=C(C)[C@@H]1CC[C@]2(C(=O)O)CC[C@]3(C)[C@H](CC[C@@H]4[C@@]5(C)CC[C@H](O[C@@H]6O[C@H](CO[C@@H]7O[C@H](CO)[C@@H](O[C@@H]8O[C@@H](C)[C@H](O)[C@@H](O)[C@H]8O)[C@H](O)[C@H]7O)[C@@H](O)[C@H](O)[C@H]6O)[C@@](C)(C(=O)O)[C@@H]5CC[C@]43C)[C@@H]12. The van der Waals surface area contributed by atoms with Crippen LogP contribution in [0.25, 0.3) is 0 Å². The average Bonchev–Trinajstić information content (AvgIpc) is 3.69. The maximum atomic E-state index is 13.7. The van der Waals surface area contributed by atoms with Crippen molar-refractivity contribution in [2.45, 2.75) is 204 Å². The molecule has 0 bridgehead atoms. The second-order valence-corrected chi connectivity index (χ2v) is 22.7. The maximum Gasteiger partial charge on any atom is 0.312 e. The Hall–Kier alpha value is -1.92. The minimum Gasteiger partial charge on any atom is -0.481 e. The molecule has 19 heteroatoms. The van der Waals surface area contributed by atoms with Gasteiger partial charge in [-0.05, 0) is 131 Å². The van der Waals surface area contributed by atoms with Crippen LogP contribution >= 0.6 is 0 Å². The zero-order valence-corrected chi connectivity index (χ0v) is 39.5. The van der Waals surface area contributed by atoms with Gasteiger partial charge in [-0.15, -0.1) is 0 Å². The first kappa shape index (κ1) is 51.4. The Bertz CT molecular complexity index is 1850. The zero-order valence-electron chi connectivity index (χ0n) is 39.5. The summed E-state index contributed by atoms with van der Waals surface area (Å²) in [4.78, 5) is 26.9. The van der Waals surface area contributed by atoms with Gasteiger partial charge in [0.25, 0.3) is 0 Å². The van der Waals surface area contributed by atoms with Crippen molar-refractivity contribution in [2.75, 3.05) is 13.2 Å². The molecule has 19 nitrogen and oxygen atoms in total. The standard InChI is InChI=1S/C48H76O19/c1-20(2)22-10-15-48(43(60)61)17-16-45(5)23(29(22)48)8-9-26-44(4)13-12-28(47(7,42(58)59)27(44)11-14-46(26,45)6)66-41-36(56)33(53)31(51)25(65-41)19-62-39-37(57)34(54)38(24(18-49)64-39)67-40-35(55)32(52)30(50)21(3)63-40/h21-41,49-57H,1,8-19H2,2-7H3,(H,58,59)(H,60,61)/t21-,22-,23+,24+,25+,26+,27+,28-,29+,30-,31+,32+,33-,34+,35+,36+,37+,38+,39+,40-,41-,44+,45+,46+,47-,48-/m0/s1. The van der Waals surface area contributed by atoms with Crippen molar-refractivity contribution in [1.82, 2.24) is 0 Å². The molecule has 67 heavy (non-hydrogen) atoms. The summed E-state index contributed by atoms with van der Waals surface area (Å²) in [6, 6.07) is 0. The number of rotatable bonds is 11. The van der Waals surface area contributed by atoms with Crippen molar-refractivity contribution in [3.8, 4) is 0 Å². The summed E-state index contributed by atoms with van der Waals surface area (Å²) >= 11 is 0. The highest BCUT2D eigenvalue weighted by atomic mass is 16.8. The molecule has 5 saturated carbocycles. The van der Waals surface area contributed by atoms with Crippen LogP contribution < -0.4 is 0 Å². The number of allylic oxidation sites excluding steroid dienone is 1. The van der Waals surface area contributed by atoms with Crippen LogP contribution in [0.5, 0.6) is 0 Å². The molecular formula is C48H76O19. The van der Waals surface area contributed by atoms with E-state index in [9.17, 15) is 65.8 Å². The summed E-state index contributed by atoms with van der Waals surface area (Å²) in [5.41, 5.74) is -2.02. The Morgan fingerprint density at radius 3 is 1.88 bits per heavy atom. The molecule has 0 aromatic rings. The molecular weight excluding hydrogens is 881 g/mol. The number of ether oxygens (including phenoxy) is 6. The van der Waals surface area contributed by atoms with Crippen molar-refractivity contribution >= 4 is 11.9 Å². The van der Waals surface area contributed by atoms with Crippen LogP contribution in [0.4, 0.5) is 0 Å². The molecule has 26 atom stereocenters. The first-order valence-electron chi connectivity index (χ1n) is 24.4. The van der Waals surface area contributed by atoms with E-state index < -0.39 is 140 Å². The molecule has 0 amide bonds. The number of hydrogen-bond acceptors (Lipinski definition) is 17. The largest absolute Gasteiger partial charge is 0.481 e. The normalized spacial score (nSPS) is 55.4. The summed E-state index contributed by atoms with van der Waals surface area (Å²) in [5, 5.41) is 118. The molecule has 11 N–H and O–H groups in total. The fraction of sp³-hybridized carbons (Fsp3) is 0.917. The molecule has 0 radical (unpaired) electrons. The number of carboxylic acid groups (broad SMARTS) is 2. The summed E-state index contributed by atoms with van der Waals surface area (Å²) in [5.74, 6) is -1.67. The lowest BCUT2D eigenvalue weighted by atomic mass is 9.32. The van der Waals surface area contributed by atoms with E-state index in [1.165, 1.54) is 6.92 Å². The first-order valence-corrected chi connectivity index (χ1v) is 24.4. The van der Waals surface area contributed by atoms with Crippen molar-refractivity contribution in [2.24, 2.45) is 56.7 Å². The number of aliphatic hydroxyl groups is 9. The highest BCUT2D eigenvalue weighted by Gasteiger charge is 2.73. The second-order valence-electron chi connectivity index (χ2n) is 22.7. The first-order chi connectivity index (χ1) is 31.3. The Morgan fingerprint density at radius 2 is 1.25 bits per heavy atom. The second kappa shape index (κ2) is 18.3. The molecule has 0 unspecified atom stereocenters. The lowest BCUT2D eigenvalue weighted by molar-refractivity contribution is -0.365. The Balaban J connectivity index is 0.958. The van der Waals surface area contributed by atoms with Gasteiger partial charge in [-0.1, -0.05) is 32.9 Å². The monoisotopic (exact) mass is 956 g/mol. The number of aliphatic hydroxyl groups excluding tert-OH is 9. The van der Waals surface area contributed by atoms with Gasteiger partial charge in [0.15, 0.2) is 18.9 Å². The van der Waals surface area contributed by atoms with E-state index in [1.807, 2.05) is 6.92 Å². The van der Waals surface area contributed by atoms with Gasteiger partial charge in [0.05, 0.1) is 36.3 Å². The molecule has 5 aliphatic carbocycles. The summed E-state index contributed by atoms with van der Waals surface area (Å²) < 4.78 is 35.1. The van der Waals surface area contributed by atoms with Crippen LogP contribution in [0.2, 0.25) is 0 Å². The number of hydrogen-bond donors (Lipinski definition) is 11. The van der Waals surface area contributed by atoms with Crippen molar-refractivity contribution in [3.63, 3.8) is 0 Å². The highest BCUT2D eigenvalue weighted by molar-refractivity contribution is 5.77.